The van der Waals surface area contributed by atoms with Gasteiger partial charge in [-0.15, -0.1) is 11.3 Å². The molecule has 9 heteroatoms. The van der Waals surface area contributed by atoms with E-state index in [1.165, 1.54) is 0 Å². The number of halogens is 3. The number of benzene rings is 1. The minimum Gasteiger partial charge on any atom is -0.422 e. The van der Waals surface area contributed by atoms with Crippen LogP contribution in [-0.4, -0.2) is 30.2 Å². The van der Waals surface area contributed by atoms with Crippen LogP contribution in [-0.2, 0) is 6.18 Å². The van der Waals surface area contributed by atoms with Gasteiger partial charge in [0.1, 0.15) is 10.6 Å². The maximum Gasteiger partial charge on any atom is 0.434 e. The lowest BCUT2D eigenvalue weighted by molar-refractivity contribution is -0.140. The molecule has 0 aliphatic carbocycles. The number of piperazine rings is 1. The van der Waals surface area contributed by atoms with E-state index >= 15 is 0 Å². The van der Waals surface area contributed by atoms with Crippen LogP contribution in [0.5, 0.6) is 0 Å². The minimum atomic E-state index is -4.54. The van der Waals surface area contributed by atoms with Crippen molar-refractivity contribution in [2.45, 2.75) is 24.7 Å². The van der Waals surface area contributed by atoms with Crippen LogP contribution in [0.4, 0.5) is 18.9 Å². The average Bonchev–Trinajstić information content (AvgIpc) is 3.36. The Bertz CT molecular complexity index is 1090. The molecule has 2 aliphatic heterocycles. The van der Waals surface area contributed by atoms with Gasteiger partial charge in [0, 0.05) is 47.7 Å². The van der Waals surface area contributed by atoms with Crippen molar-refractivity contribution in [3.8, 4) is 10.6 Å². The van der Waals surface area contributed by atoms with Gasteiger partial charge in [-0.3, -0.25) is 0 Å². The Kier molecular flexibility index (Phi) is 3.60. The molecule has 140 valence electrons. The van der Waals surface area contributed by atoms with E-state index in [9.17, 15) is 18.0 Å². The zero-order valence-electron chi connectivity index (χ0n) is 13.9. The fourth-order valence-corrected chi connectivity index (χ4v) is 4.66. The summed E-state index contributed by atoms with van der Waals surface area (Å²) < 4.78 is 43.7. The summed E-state index contributed by atoms with van der Waals surface area (Å²) in [6.45, 7) is 1.86. The van der Waals surface area contributed by atoms with Crippen LogP contribution in [0.2, 0.25) is 0 Å². The number of alkyl halides is 3. The molecule has 4 heterocycles. The number of rotatable bonds is 2. The van der Waals surface area contributed by atoms with Crippen LogP contribution < -0.4 is 15.8 Å². The van der Waals surface area contributed by atoms with Crippen molar-refractivity contribution < 1.29 is 17.6 Å². The van der Waals surface area contributed by atoms with Crippen LogP contribution in [0.1, 0.15) is 12.1 Å². The molecule has 5 nitrogen and oxygen atoms in total. The Labute approximate surface area is 155 Å². The second kappa shape index (κ2) is 5.80. The normalized spacial score (nSPS) is 22.1. The zero-order valence-corrected chi connectivity index (χ0v) is 14.7. The molecule has 0 unspecified atom stereocenters. The van der Waals surface area contributed by atoms with Crippen LogP contribution in [0.3, 0.4) is 0 Å². The molecule has 0 radical (unpaired) electrons. The fraction of sp³-hybridized carbons (Fsp3) is 0.333. The van der Waals surface area contributed by atoms with Crippen molar-refractivity contribution in [1.29, 1.82) is 0 Å². The quantitative estimate of drug-likeness (QED) is 0.676. The van der Waals surface area contributed by atoms with E-state index in [2.05, 4.69) is 15.2 Å². The lowest BCUT2D eigenvalue weighted by Crippen LogP contribution is -2.43. The van der Waals surface area contributed by atoms with Crippen LogP contribution in [0, 0.1) is 0 Å². The highest BCUT2D eigenvalue weighted by molar-refractivity contribution is 7.13. The molecule has 2 saturated heterocycles. The minimum absolute atomic E-state index is 0.00461. The maximum atomic E-state index is 12.8. The summed E-state index contributed by atoms with van der Waals surface area (Å²) in [5, 5.41) is 5.00. The molecule has 2 aliphatic rings. The van der Waals surface area contributed by atoms with Gasteiger partial charge in [-0.2, -0.15) is 13.2 Å². The van der Waals surface area contributed by atoms with Crippen LogP contribution >= 0.6 is 11.3 Å². The standard InChI is InChI=1S/C18H14F3N3O2S/c19-18(20,21)15-8-27-16(23-15)13-3-9-1-2-11(5-14(9)26-17(13)25)24-7-10-4-12(24)6-22-10/h1-3,5,8,10,12,22H,4,6-7H2/t10-,12-/m0/s1. The molecule has 2 bridgehead atoms. The number of fused-ring (bicyclic) bond motifs is 3. The predicted molar refractivity (Wildman–Crippen MR) is 96.1 cm³/mol. The van der Waals surface area contributed by atoms with E-state index < -0.39 is 17.5 Å². The summed E-state index contributed by atoms with van der Waals surface area (Å²) in [6, 6.07) is 8.08. The fourth-order valence-electron chi connectivity index (χ4n) is 3.83. The van der Waals surface area contributed by atoms with Gasteiger partial charge in [0.2, 0.25) is 0 Å². The average molecular weight is 393 g/mol. The molecule has 3 aromatic rings. The van der Waals surface area contributed by atoms with E-state index in [0.717, 1.165) is 41.9 Å². The van der Waals surface area contributed by atoms with Crippen molar-refractivity contribution >= 4 is 28.0 Å². The number of thiazole rings is 1. The maximum absolute atomic E-state index is 12.8. The first-order valence-electron chi connectivity index (χ1n) is 8.49. The third-order valence-electron chi connectivity index (χ3n) is 5.13. The number of anilines is 1. The molecular weight excluding hydrogens is 379 g/mol. The third kappa shape index (κ3) is 2.81. The monoisotopic (exact) mass is 393 g/mol. The number of nitrogens with one attached hydrogen (secondary N) is 1. The molecule has 1 N–H and O–H groups in total. The molecule has 0 saturated carbocycles. The first kappa shape index (κ1) is 16.8. The van der Waals surface area contributed by atoms with Crippen LogP contribution in [0.25, 0.3) is 21.5 Å². The van der Waals surface area contributed by atoms with Gasteiger partial charge in [0.15, 0.2) is 5.69 Å². The van der Waals surface area contributed by atoms with Gasteiger partial charge in [-0.1, -0.05) is 0 Å². The highest BCUT2D eigenvalue weighted by atomic mass is 32.1. The highest BCUT2D eigenvalue weighted by Gasteiger charge is 2.37. The van der Waals surface area contributed by atoms with Crippen molar-refractivity contribution in [2.24, 2.45) is 0 Å². The van der Waals surface area contributed by atoms with Crippen molar-refractivity contribution in [3.63, 3.8) is 0 Å². The first-order chi connectivity index (χ1) is 12.9. The first-order valence-corrected chi connectivity index (χ1v) is 9.37. The molecular formula is C18H14F3N3O2S. The Balaban J connectivity index is 1.53. The highest BCUT2D eigenvalue weighted by Crippen LogP contribution is 2.34. The SMILES string of the molecule is O=c1oc2cc(N3C[C@@H]4C[C@H]3CN4)ccc2cc1-c1nc(C(F)(F)F)cs1. The summed E-state index contributed by atoms with van der Waals surface area (Å²) in [7, 11) is 0. The van der Waals surface area contributed by atoms with Gasteiger partial charge >= 0.3 is 11.8 Å². The number of hydrogen-bond donors (Lipinski definition) is 1. The smallest absolute Gasteiger partial charge is 0.422 e. The lowest BCUT2D eigenvalue weighted by Gasteiger charge is -2.29. The molecule has 27 heavy (non-hydrogen) atoms. The molecule has 0 amide bonds. The largest absolute Gasteiger partial charge is 0.434 e. The Hall–Kier alpha value is -2.39. The molecule has 2 fully saturated rings. The van der Waals surface area contributed by atoms with Gasteiger partial charge < -0.3 is 14.6 Å². The van der Waals surface area contributed by atoms with E-state index in [-0.39, 0.29) is 10.6 Å². The second-order valence-corrected chi connectivity index (χ2v) is 7.71. The number of nitrogens with zero attached hydrogens (tertiary/aromatic N) is 2. The molecule has 2 atom stereocenters. The number of hydrogen-bond acceptors (Lipinski definition) is 6. The van der Waals surface area contributed by atoms with E-state index in [1.54, 1.807) is 6.07 Å². The van der Waals surface area contributed by atoms with Crippen molar-refractivity contribution in [3.05, 3.63) is 45.8 Å². The molecule has 5 rings (SSSR count). The summed E-state index contributed by atoms with van der Waals surface area (Å²) in [5.74, 6) is 0. The summed E-state index contributed by atoms with van der Waals surface area (Å²) in [4.78, 5) is 18.2. The summed E-state index contributed by atoms with van der Waals surface area (Å²) in [5.41, 5.74) is -0.242. The molecule has 0 spiro atoms. The lowest BCUT2D eigenvalue weighted by atomic mass is 10.1. The van der Waals surface area contributed by atoms with Gasteiger partial charge in [-0.25, -0.2) is 9.78 Å². The Morgan fingerprint density at radius 1 is 1.30 bits per heavy atom. The zero-order chi connectivity index (χ0) is 18.8. The number of aromatic nitrogens is 1. The van der Waals surface area contributed by atoms with Crippen molar-refractivity contribution in [1.82, 2.24) is 10.3 Å². The van der Waals surface area contributed by atoms with Crippen molar-refractivity contribution in [2.75, 3.05) is 18.0 Å². The van der Waals surface area contributed by atoms with E-state index in [0.29, 0.717) is 23.1 Å². The van der Waals surface area contributed by atoms with Crippen LogP contribution in [0.15, 0.2) is 38.9 Å². The Morgan fingerprint density at radius 3 is 2.81 bits per heavy atom. The topological polar surface area (TPSA) is 58.4 Å². The molecule has 1 aromatic carbocycles. The van der Waals surface area contributed by atoms with Gasteiger partial charge in [0.05, 0.1) is 5.56 Å². The third-order valence-corrected chi connectivity index (χ3v) is 6.01. The van der Waals surface area contributed by atoms with E-state index in [1.807, 2.05) is 18.2 Å². The molecule has 2 aromatic heterocycles. The summed E-state index contributed by atoms with van der Waals surface area (Å²) in [6.07, 6.45) is -3.43. The van der Waals surface area contributed by atoms with Gasteiger partial charge in [-0.05, 0) is 24.6 Å². The predicted octanol–water partition coefficient (Wildman–Crippen LogP) is 3.49. The van der Waals surface area contributed by atoms with E-state index in [4.69, 9.17) is 4.42 Å². The van der Waals surface area contributed by atoms with Gasteiger partial charge in [0.25, 0.3) is 0 Å². The Morgan fingerprint density at radius 2 is 2.15 bits per heavy atom. The summed E-state index contributed by atoms with van der Waals surface area (Å²) >= 11 is 0.778. The second-order valence-electron chi connectivity index (χ2n) is 6.85.